The van der Waals surface area contributed by atoms with Crippen LogP contribution in [-0.4, -0.2) is 14.5 Å². The molecular weight excluding hydrogens is 342 g/mol. The molecule has 5 rings (SSSR count). The number of fused-ring (bicyclic) bond motifs is 3. The monoisotopic (exact) mass is 355 g/mol. The van der Waals surface area contributed by atoms with Gasteiger partial charge in [-0.05, 0) is 30.3 Å². The maximum atomic E-state index is 13.3. The van der Waals surface area contributed by atoms with Gasteiger partial charge in [0.1, 0.15) is 9.71 Å². The van der Waals surface area contributed by atoms with Crippen molar-refractivity contribution in [1.29, 1.82) is 0 Å². The molecule has 0 aliphatic carbocycles. The standard InChI is InChI=1S/C21H13N3OS/c25-21-19-18(23-20(26-19)14-7-6-12-22-13-14)16-10-4-5-11-17(16)24(21)15-8-2-1-3-9-15/h1-13H. The van der Waals surface area contributed by atoms with Crippen LogP contribution in [0.1, 0.15) is 0 Å². The molecule has 0 aliphatic heterocycles. The number of thiazole rings is 1. The number of para-hydroxylation sites is 2. The minimum atomic E-state index is -0.0439. The highest BCUT2D eigenvalue weighted by atomic mass is 32.1. The van der Waals surface area contributed by atoms with E-state index in [4.69, 9.17) is 4.98 Å². The second-order valence-corrected chi connectivity index (χ2v) is 6.93. The summed E-state index contributed by atoms with van der Waals surface area (Å²) in [6.45, 7) is 0. The number of hydrogen-bond acceptors (Lipinski definition) is 4. The zero-order chi connectivity index (χ0) is 17.5. The first-order valence-electron chi connectivity index (χ1n) is 8.23. The van der Waals surface area contributed by atoms with E-state index < -0.39 is 0 Å². The van der Waals surface area contributed by atoms with Crippen molar-refractivity contribution < 1.29 is 0 Å². The molecule has 5 aromatic rings. The van der Waals surface area contributed by atoms with E-state index in [1.807, 2.05) is 66.7 Å². The van der Waals surface area contributed by atoms with E-state index in [0.29, 0.717) is 4.70 Å². The Bertz CT molecular complexity index is 1290. The van der Waals surface area contributed by atoms with Gasteiger partial charge in [-0.3, -0.25) is 14.3 Å². The maximum absolute atomic E-state index is 13.3. The first-order valence-corrected chi connectivity index (χ1v) is 9.05. The van der Waals surface area contributed by atoms with E-state index in [-0.39, 0.29) is 5.56 Å². The van der Waals surface area contributed by atoms with Gasteiger partial charge in [0.05, 0.1) is 11.0 Å². The minimum absolute atomic E-state index is 0.0439. The summed E-state index contributed by atoms with van der Waals surface area (Å²) in [7, 11) is 0. The Hall–Kier alpha value is -3.31. The largest absolute Gasteiger partial charge is 0.276 e. The normalized spacial score (nSPS) is 11.2. The van der Waals surface area contributed by atoms with Crippen molar-refractivity contribution >= 4 is 32.5 Å². The third-order valence-electron chi connectivity index (χ3n) is 4.35. The van der Waals surface area contributed by atoms with E-state index in [2.05, 4.69) is 4.98 Å². The number of pyridine rings is 2. The van der Waals surface area contributed by atoms with Crippen molar-refractivity contribution in [3.63, 3.8) is 0 Å². The fourth-order valence-corrected chi connectivity index (χ4v) is 4.17. The number of benzene rings is 2. The van der Waals surface area contributed by atoms with Crippen LogP contribution in [0.4, 0.5) is 0 Å². The molecule has 0 N–H and O–H groups in total. The lowest BCUT2D eigenvalue weighted by atomic mass is 10.1. The second-order valence-electron chi connectivity index (χ2n) is 5.93. The van der Waals surface area contributed by atoms with Crippen LogP contribution >= 0.6 is 11.3 Å². The molecule has 0 amide bonds. The lowest BCUT2D eigenvalue weighted by Crippen LogP contribution is -2.18. The zero-order valence-electron chi connectivity index (χ0n) is 13.7. The van der Waals surface area contributed by atoms with Crippen LogP contribution in [0.15, 0.2) is 83.9 Å². The van der Waals surface area contributed by atoms with Gasteiger partial charge in [-0.25, -0.2) is 4.98 Å². The molecule has 0 saturated carbocycles. The molecule has 0 aliphatic rings. The number of nitrogens with zero attached hydrogens (tertiary/aromatic N) is 3. The summed E-state index contributed by atoms with van der Waals surface area (Å²) in [5.41, 5.74) is 3.34. The van der Waals surface area contributed by atoms with Gasteiger partial charge >= 0.3 is 0 Å². The molecule has 0 unspecified atom stereocenters. The number of hydrogen-bond donors (Lipinski definition) is 0. The molecular formula is C21H13N3OS. The van der Waals surface area contributed by atoms with Gasteiger partial charge in [0.2, 0.25) is 0 Å². The molecule has 0 fully saturated rings. The van der Waals surface area contributed by atoms with Crippen molar-refractivity contribution in [2.45, 2.75) is 0 Å². The average molecular weight is 355 g/mol. The highest BCUT2D eigenvalue weighted by Gasteiger charge is 2.17. The van der Waals surface area contributed by atoms with Crippen LogP contribution < -0.4 is 5.56 Å². The van der Waals surface area contributed by atoms with Crippen LogP contribution in [0.5, 0.6) is 0 Å². The van der Waals surface area contributed by atoms with Crippen molar-refractivity contribution in [3.05, 3.63) is 89.5 Å². The fourth-order valence-electron chi connectivity index (χ4n) is 3.17. The van der Waals surface area contributed by atoms with E-state index in [1.54, 1.807) is 17.0 Å². The van der Waals surface area contributed by atoms with Gasteiger partial charge in [-0.2, -0.15) is 0 Å². The van der Waals surface area contributed by atoms with Crippen LogP contribution in [0.2, 0.25) is 0 Å². The van der Waals surface area contributed by atoms with Crippen LogP contribution in [0.3, 0.4) is 0 Å². The van der Waals surface area contributed by atoms with Crippen molar-refractivity contribution in [2.75, 3.05) is 0 Å². The highest BCUT2D eigenvalue weighted by molar-refractivity contribution is 7.21. The van der Waals surface area contributed by atoms with Gasteiger partial charge in [0, 0.05) is 29.0 Å². The zero-order valence-corrected chi connectivity index (χ0v) is 14.5. The predicted octanol–water partition coefficient (Wildman–Crippen LogP) is 4.66. The molecule has 26 heavy (non-hydrogen) atoms. The summed E-state index contributed by atoms with van der Waals surface area (Å²) in [6, 6.07) is 21.5. The van der Waals surface area contributed by atoms with Gasteiger partial charge in [0.15, 0.2) is 0 Å². The number of aromatic nitrogens is 3. The summed E-state index contributed by atoms with van der Waals surface area (Å²) >= 11 is 1.42. The molecule has 0 saturated heterocycles. The Kier molecular flexibility index (Phi) is 3.40. The molecule has 124 valence electrons. The Morgan fingerprint density at radius 1 is 0.885 bits per heavy atom. The summed E-state index contributed by atoms with van der Waals surface area (Å²) < 4.78 is 2.43. The van der Waals surface area contributed by atoms with Crippen molar-refractivity contribution in [2.24, 2.45) is 0 Å². The van der Waals surface area contributed by atoms with Gasteiger partial charge in [-0.1, -0.05) is 36.4 Å². The SMILES string of the molecule is O=c1c2sc(-c3cccnc3)nc2c2ccccc2n1-c1ccccc1. The lowest BCUT2D eigenvalue weighted by molar-refractivity contribution is 1.06. The lowest BCUT2D eigenvalue weighted by Gasteiger charge is -2.10. The van der Waals surface area contributed by atoms with E-state index >= 15 is 0 Å². The van der Waals surface area contributed by atoms with E-state index in [9.17, 15) is 4.79 Å². The Balaban J connectivity index is 1.92. The molecule has 0 radical (unpaired) electrons. The summed E-state index contributed by atoms with van der Waals surface area (Å²) in [4.78, 5) is 22.2. The summed E-state index contributed by atoms with van der Waals surface area (Å²) in [5, 5.41) is 1.78. The first-order chi connectivity index (χ1) is 12.8. The average Bonchev–Trinajstić information content (AvgIpc) is 3.16. The Labute approximate surface area is 153 Å². The Morgan fingerprint density at radius 2 is 1.69 bits per heavy atom. The molecule has 0 bridgehead atoms. The predicted molar refractivity (Wildman–Crippen MR) is 106 cm³/mol. The topological polar surface area (TPSA) is 47.8 Å². The highest BCUT2D eigenvalue weighted by Crippen LogP contribution is 2.32. The maximum Gasteiger partial charge on any atom is 0.275 e. The van der Waals surface area contributed by atoms with E-state index in [0.717, 1.165) is 32.7 Å². The molecule has 0 atom stereocenters. The van der Waals surface area contributed by atoms with Crippen LogP contribution in [0.25, 0.3) is 37.4 Å². The molecule has 3 aromatic heterocycles. The molecule has 2 aromatic carbocycles. The number of rotatable bonds is 2. The molecule has 3 heterocycles. The fraction of sp³-hybridized carbons (Fsp3) is 0. The van der Waals surface area contributed by atoms with Gasteiger partial charge in [0.25, 0.3) is 5.56 Å². The van der Waals surface area contributed by atoms with Crippen molar-refractivity contribution in [1.82, 2.24) is 14.5 Å². The molecule has 0 spiro atoms. The van der Waals surface area contributed by atoms with Crippen LogP contribution in [-0.2, 0) is 0 Å². The summed E-state index contributed by atoms with van der Waals surface area (Å²) in [5.74, 6) is 0. The first kappa shape index (κ1) is 15.0. The van der Waals surface area contributed by atoms with Crippen LogP contribution in [0, 0.1) is 0 Å². The smallest absolute Gasteiger partial charge is 0.275 e. The van der Waals surface area contributed by atoms with Gasteiger partial charge < -0.3 is 0 Å². The summed E-state index contributed by atoms with van der Waals surface area (Å²) in [6.07, 6.45) is 3.50. The second kappa shape index (κ2) is 5.89. The minimum Gasteiger partial charge on any atom is -0.276 e. The quantitative estimate of drug-likeness (QED) is 0.463. The molecule has 5 heteroatoms. The Morgan fingerprint density at radius 3 is 2.50 bits per heavy atom. The molecule has 4 nitrogen and oxygen atoms in total. The van der Waals surface area contributed by atoms with E-state index in [1.165, 1.54) is 11.3 Å². The third-order valence-corrected chi connectivity index (χ3v) is 5.44. The van der Waals surface area contributed by atoms with Gasteiger partial charge in [-0.15, -0.1) is 11.3 Å². The van der Waals surface area contributed by atoms with Crippen molar-refractivity contribution in [3.8, 4) is 16.3 Å². The third kappa shape index (κ3) is 2.25.